The average molecular weight is 266 g/mol. The molecule has 1 amide bonds. The fourth-order valence-corrected chi connectivity index (χ4v) is 3.43. The highest BCUT2D eigenvalue weighted by molar-refractivity contribution is 5.95. The number of nitrogens with one attached hydrogen (secondary N) is 1. The third-order valence-electron chi connectivity index (χ3n) is 4.83. The van der Waals surface area contributed by atoms with Gasteiger partial charge in [0.25, 0.3) is 0 Å². The quantitative estimate of drug-likeness (QED) is 0.663. The van der Waals surface area contributed by atoms with Crippen molar-refractivity contribution < 1.29 is 4.79 Å². The van der Waals surface area contributed by atoms with E-state index in [4.69, 9.17) is 0 Å². The molecule has 102 valence electrons. The first kappa shape index (κ1) is 11.9. The van der Waals surface area contributed by atoms with Crippen molar-refractivity contribution in [1.29, 1.82) is 0 Å². The molecule has 2 saturated carbocycles. The molecule has 0 spiro atoms. The van der Waals surface area contributed by atoms with Gasteiger partial charge in [-0.1, -0.05) is 42.5 Å². The zero-order valence-corrected chi connectivity index (χ0v) is 11.3. The second-order valence-electron chi connectivity index (χ2n) is 6.08. The summed E-state index contributed by atoms with van der Waals surface area (Å²) < 4.78 is 0. The first-order chi connectivity index (χ1) is 9.83. The lowest BCUT2D eigenvalue weighted by atomic mass is 9.74. The molecule has 3 aliphatic rings. The van der Waals surface area contributed by atoms with Crippen molar-refractivity contribution in [2.24, 2.45) is 22.9 Å². The van der Waals surface area contributed by atoms with Crippen molar-refractivity contribution in [3.05, 3.63) is 48.0 Å². The van der Waals surface area contributed by atoms with Gasteiger partial charge < -0.3 is 0 Å². The molecule has 4 unspecified atom stereocenters. The normalized spacial score (nSPS) is 35.5. The second-order valence-corrected chi connectivity index (χ2v) is 6.08. The molecule has 1 N–H and O–H groups in total. The van der Waals surface area contributed by atoms with Gasteiger partial charge in [0.15, 0.2) is 0 Å². The molecule has 0 bridgehead atoms. The lowest BCUT2D eigenvalue weighted by Gasteiger charge is -2.31. The fraction of sp³-hybridized carbons (Fsp3) is 0.412. The Morgan fingerprint density at radius 2 is 2.05 bits per heavy atom. The summed E-state index contributed by atoms with van der Waals surface area (Å²) in [6, 6.07) is 10.3. The summed E-state index contributed by atoms with van der Waals surface area (Å²) in [5, 5.41) is 4.34. The highest BCUT2D eigenvalue weighted by Crippen LogP contribution is 2.47. The lowest BCUT2D eigenvalue weighted by Crippen LogP contribution is -2.35. The summed E-state index contributed by atoms with van der Waals surface area (Å²) in [7, 11) is 0. The number of hydrogen-bond donors (Lipinski definition) is 1. The molecule has 4 rings (SSSR count). The maximum Gasteiger partial charge on any atom is 0.243 e. The number of hydrazone groups is 1. The molecular weight excluding hydrogens is 248 g/mol. The Bertz CT molecular complexity index is 590. The molecule has 0 radical (unpaired) electrons. The number of carbonyl (C=O) groups is 1. The van der Waals surface area contributed by atoms with Crippen LogP contribution in [0.4, 0.5) is 0 Å². The van der Waals surface area contributed by atoms with Crippen LogP contribution in [0, 0.1) is 17.8 Å². The summed E-state index contributed by atoms with van der Waals surface area (Å²) in [4.78, 5) is 12.1. The van der Waals surface area contributed by atoms with Crippen molar-refractivity contribution in [3.63, 3.8) is 0 Å². The maximum atomic E-state index is 12.1. The first-order valence-corrected chi connectivity index (χ1v) is 7.41. The summed E-state index contributed by atoms with van der Waals surface area (Å²) in [5.74, 6) is 1.84. The van der Waals surface area contributed by atoms with E-state index < -0.39 is 0 Å². The molecule has 1 aromatic carbocycles. The first-order valence-electron chi connectivity index (χ1n) is 7.41. The molecular formula is C17H18N2O. The molecule has 0 saturated heterocycles. The summed E-state index contributed by atoms with van der Waals surface area (Å²) >= 11 is 0. The fourth-order valence-electron chi connectivity index (χ4n) is 3.43. The number of amides is 1. The Balaban J connectivity index is 1.33. The van der Waals surface area contributed by atoms with Gasteiger partial charge in [-0.2, -0.15) is 5.10 Å². The van der Waals surface area contributed by atoms with Gasteiger partial charge in [0, 0.05) is 17.5 Å². The number of fused-ring (bicyclic) bond motifs is 1. The maximum absolute atomic E-state index is 12.1. The van der Waals surface area contributed by atoms with E-state index >= 15 is 0 Å². The van der Waals surface area contributed by atoms with Crippen molar-refractivity contribution in [2.45, 2.75) is 25.2 Å². The van der Waals surface area contributed by atoms with Crippen LogP contribution < -0.4 is 5.43 Å². The largest absolute Gasteiger partial charge is 0.273 e. The van der Waals surface area contributed by atoms with Gasteiger partial charge in [0.1, 0.15) is 0 Å². The minimum atomic E-state index is 0.0840. The van der Waals surface area contributed by atoms with Crippen LogP contribution >= 0.6 is 0 Å². The van der Waals surface area contributed by atoms with E-state index in [2.05, 4.69) is 34.8 Å². The van der Waals surface area contributed by atoms with Gasteiger partial charge in [-0.05, 0) is 36.7 Å². The van der Waals surface area contributed by atoms with Gasteiger partial charge in [-0.3, -0.25) is 4.79 Å². The predicted molar refractivity (Wildman–Crippen MR) is 78.2 cm³/mol. The molecule has 0 heterocycles. The van der Waals surface area contributed by atoms with E-state index in [9.17, 15) is 4.79 Å². The Morgan fingerprint density at radius 1 is 1.20 bits per heavy atom. The van der Waals surface area contributed by atoms with Crippen molar-refractivity contribution in [2.75, 3.05) is 0 Å². The zero-order chi connectivity index (χ0) is 13.5. The number of hydrogen-bond acceptors (Lipinski definition) is 2. The van der Waals surface area contributed by atoms with Gasteiger partial charge in [0.05, 0.1) is 0 Å². The monoisotopic (exact) mass is 266 g/mol. The topological polar surface area (TPSA) is 41.5 Å². The van der Waals surface area contributed by atoms with E-state index in [0.29, 0.717) is 17.8 Å². The van der Waals surface area contributed by atoms with Crippen LogP contribution in [0.5, 0.6) is 0 Å². The van der Waals surface area contributed by atoms with E-state index in [1.807, 2.05) is 18.2 Å². The Hall–Kier alpha value is -1.90. The van der Waals surface area contributed by atoms with Gasteiger partial charge in [0.2, 0.25) is 5.91 Å². The third-order valence-corrected chi connectivity index (χ3v) is 4.83. The Morgan fingerprint density at radius 3 is 2.85 bits per heavy atom. The molecule has 2 fully saturated rings. The van der Waals surface area contributed by atoms with Gasteiger partial charge >= 0.3 is 0 Å². The van der Waals surface area contributed by atoms with E-state index in [1.165, 1.54) is 11.3 Å². The minimum Gasteiger partial charge on any atom is -0.273 e. The Labute approximate surface area is 118 Å². The summed E-state index contributed by atoms with van der Waals surface area (Å²) in [6.07, 6.45) is 7.57. The Kier molecular flexibility index (Phi) is 2.72. The van der Waals surface area contributed by atoms with Crippen molar-refractivity contribution >= 4 is 11.6 Å². The molecule has 4 atom stereocenters. The molecule has 1 aromatic rings. The summed E-state index contributed by atoms with van der Waals surface area (Å²) in [5.41, 5.74) is 5.22. The molecule has 3 aliphatic carbocycles. The smallest absolute Gasteiger partial charge is 0.243 e. The predicted octanol–water partition coefficient (Wildman–Crippen LogP) is 2.86. The highest BCUT2D eigenvalue weighted by atomic mass is 16.2. The lowest BCUT2D eigenvalue weighted by molar-refractivity contribution is -0.122. The molecule has 0 aliphatic heterocycles. The number of carbonyl (C=O) groups excluding carboxylic acids is 1. The van der Waals surface area contributed by atoms with Crippen LogP contribution in [0.25, 0.3) is 0 Å². The molecule has 0 aromatic heterocycles. The van der Waals surface area contributed by atoms with Crippen LogP contribution in [0.2, 0.25) is 0 Å². The van der Waals surface area contributed by atoms with E-state index in [-0.39, 0.29) is 11.8 Å². The van der Waals surface area contributed by atoms with Crippen LogP contribution in [-0.4, -0.2) is 11.6 Å². The van der Waals surface area contributed by atoms with Crippen molar-refractivity contribution in [1.82, 2.24) is 5.43 Å². The average Bonchev–Trinajstić information content (AvgIpc) is 3.18. The minimum absolute atomic E-state index is 0.0840. The summed E-state index contributed by atoms with van der Waals surface area (Å²) in [6.45, 7) is 0. The van der Waals surface area contributed by atoms with Crippen LogP contribution in [0.1, 0.15) is 30.7 Å². The van der Waals surface area contributed by atoms with Gasteiger partial charge in [-0.15, -0.1) is 0 Å². The van der Waals surface area contributed by atoms with Crippen LogP contribution in [-0.2, 0) is 4.79 Å². The van der Waals surface area contributed by atoms with E-state index in [1.54, 1.807) is 0 Å². The van der Waals surface area contributed by atoms with Crippen LogP contribution in [0.15, 0.2) is 47.6 Å². The van der Waals surface area contributed by atoms with E-state index in [0.717, 1.165) is 19.3 Å². The number of nitrogens with zero attached hydrogens (tertiary/aromatic N) is 1. The number of benzene rings is 1. The standard InChI is InChI=1S/C17H18N2O/c20-17(15-10-14(15)11-5-2-1-3-6-11)19-18-16-9-12-7-4-8-13(12)16/h1-7,12-15H,8-10H2,(H,19,20)/b18-16-. The van der Waals surface area contributed by atoms with Gasteiger partial charge in [-0.25, -0.2) is 5.43 Å². The third kappa shape index (κ3) is 1.98. The molecule has 3 heteroatoms. The van der Waals surface area contributed by atoms with Crippen molar-refractivity contribution in [3.8, 4) is 0 Å². The second kappa shape index (κ2) is 4.58. The number of rotatable bonds is 3. The number of allylic oxidation sites excluding steroid dienone is 2. The molecule has 3 nitrogen and oxygen atoms in total. The molecule has 20 heavy (non-hydrogen) atoms. The van der Waals surface area contributed by atoms with Crippen LogP contribution in [0.3, 0.4) is 0 Å². The highest BCUT2D eigenvalue weighted by Gasteiger charge is 2.44. The SMILES string of the molecule is O=C(N/N=C1/CC2C=CCC12)C1CC1c1ccccc1. The zero-order valence-electron chi connectivity index (χ0n) is 11.3.